The van der Waals surface area contributed by atoms with Gasteiger partial charge in [-0.25, -0.2) is 0 Å². The van der Waals surface area contributed by atoms with Gasteiger partial charge in [-0.1, -0.05) is 36.8 Å². The molecular weight excluding hydrogens is 234 g/mol. The Morgan fingerprint density at radius 1 is 1.05 bits per heavy atom. The maximum absolute atomic E-state index is 5.69. The van der Waals surface area contributed by atoms with E-state index in [2.05, 4.69) is 47.9 Å². The van der Waals surface area contributed by atoms with Crippen molar-refractivity contribution < 1.29 is 0 Å². The zero-order valence-electron chi connectivity index (χ0n) is 12.3. The van der Waals surface area contributed by atoms with Crippen LogP contribution in [0.1, 0.15) is 18.1 Å². The van der Waals surface area contributed by atoms with Gasteiger partial charge in [0.15, 0.2) is 0 Å². The number of rotatable bonds is 5. The molecule has 0 amide bonds. The van der Waals surface area contributed by atoms with Crippen molar-refractivity contribution in [2.45, 2.75) is 20.4 Å². The summed E-state index contributed by atoms with van der Waals surface area (Å²) in [4.78, 5) is 5.09. The molecule has 1 aliphatic rings. The Morgan fingerprint density at radius 2 is 1.63 bits per heavy atom. The molecule has 3 heteroatoms. The third-order valence-corrected chi connectivity index (χ3v) is 3.96. The highest BCUT2D eigenvalue weighted by Crippen LogP contribution is 2.10. The summed E-state index contributed by atoms with van der Waals surface area (Å²) >= 11 is 0. The van der Waals surface area contributed by atoms with Crippen LogP contribution in [0.5, 0.6) is 0 Å². The third-order valence-electron chi connectivity index (χ3n) is 3.96. The van der Waals surface area contributed by atoms with E-state index in [1.165, 1.54) is 37.3 Å². The quantitative estimate of drug-likeness (QED) is 0.876. The van der Waals surface area contributed by atoms with Gasteiger partial charge in [-0.05, 0) is 24.9 Å². The lowest BCUT2D eigenvalue weighted by Gasteiger charge is -2.35. The first-order chi connectivity index (χ1) is 9.17. The van der Waals surface area contributed by atoms with Crippen LogP contribution < -0.4 is 5.73 Å². The first-order valence-electron chi connectivity index (χ1n) is 7.37. The number of aryl methyl sites for hydroxylation is 1. The summed E-state index contributed by atoms with van der Waals surface area (Å²) in [5.74, 6) is 0.614. The van der Waals surface area contributed by atoms with Crippen LogP contribution in [0.15, 0.2) is 24.3 Å². The lowest BCUT2D eigenvalue weighted by atomic mass is 10.1. The van der Waals surface area contributed by atoms with Crippen molar-refractivity contribution in [1.82, 2.24) is 9.80 Å². The molecule has 1 heterocycles. The van der Waals surface area contributed by atoms with Crippen molar-refractivity contribution in [3.63, 3.8) is 0 Å². The number of benzene rings is 1. The molecule has 0 bridgehead atoms. The fourth-order valence-corrected chi connectivity index (χ4v) is 2.60. The van der Waals surface area contributed by atoms with Crippen molar-refractivity contribution in [3.8, 4) is 0 Å². The van der Waals surface area contributed by atoms with E-state index in [4.69, 9.17) is 5.73 Å². The zero-order valence-corrected chi connectivity index (χ0v) is 12.3. The molecule has 19 heavy (non-hydrogen) atoms. The molecule has 0 saturated carbocycles. The van der Waals surface area contributed by atoms with Gasteiger partial charge in [-0.15, -0.1) is 0 Å². The zero-order chi connectivity index (χ0) is 13.7. The van der Waals surface area contributed by atoms with Gasteiger partial charge >= 0.3 is 0 Å². The standard InChI is InChI=1S/C16H27N3/c1-14-3-5-16(6-4-14)13-19-9-7-18(8-10-19)12-15(2)11-17/h3-6,15H,7-13,17H2,1-2H3. The lowest BCUT2D eigenvalue weighted by Crippen LogP contribution is -2.47. The Hall–Kier alpha value is -0.900. The van der Waals surface area contributed by atoms with Crippen molar-refractivity contribution in [2.75, 3.05) is 39.3 Å². The second kappa shape index (κ2) is 7.04. The average molecular weight is 261 g/mol. The van der Waals surface area contributed by atoms with E-state index in [9.17, 15) is 0 Å². The maximum Gasteiger partial charge on any atom is 0.0234 e. The normalized spacial score (nSPS) is 19.5. The molecule has 0 aliphatic carbocycles. The Balaban J connectivity index is 1.75. The van der Waals surface area contributed by atoms with Crippen LogP contribution in [0.4, 0.5) is 0 Å². The number of nitrogens with two attached hydrogens (primary N) is 1. The van der Waals surface area contributed by atoms with Crippen molar-refractivity contribution in [3.05, 3.63) is 35.4 Å². The molecule has 1 saturated heterocycles. The molecule has 1 aromatic carbocycles. The maximum atomic E-state index is 5.69. The van der Waals surface area contributed by atoms with Crippen LogP contribution in [-0.2, 0) is 6.54 Å². The van der Waals surface area contributed by atoms with Crippen LogP contribution >= 0.6 is 0 Å². The van der Waals surface area contributed by atoms with Crippen molar-refractivity contribution in [2.24, 2.45) is 11.7 Å². The summed E-state index contributed by atoms with van der Waals surface area (Å²) in [5.41, 5.74) is 8.46. The van der Waals surface area contributed by atoms with Crippen LogP contribution in [0, 0.1) is 12.8 Å². The van der Waals surface area contributed by atoms with Gasteiger partial charge in [-0.2, -0.15) is 0 Å². The van der Waals surface area contributed by atoms with Gasteiger partial charge in [0.25, 0.3) is 0 Å². The second-order valence-corrected chi connectivity index (χ2v) is 5.90. The van der Waals surface area contributed by atoms with Gasteiger partial charge in [-0.3, -0.25) is 4.90 Å². The summed E-state index contributed by atoms with van der Waals surface area (Å²) in [6.45, 7) is 12.1. The lowest BCUT2D eigenvalue weighted by molar-refractivity contribution is 0.116. The van der Waals surface area contributed by atoms with Gasteiger partial charge in [0, 0.05) is 39.3 Å². The minimum atomic E-state index is 0.614. The highest BCUT2D eigenvalue weighted by atomic mass is 15.3. The Kier molecular flexibility index (Phi) is 5.37. The average Bonchev–Trinajstić information content (AvgIpc) is 2.43. The van der Waals surface area contributed by atoms with E-state index in [-0.39, 0.29) is 0 Å². The first kappa shape index (κ1) is 14.5. The smallest absolute Gasteiger partial charge is 0.0234 e. The van der Waals surface area contributed by atoms with E-state index < -0.39 is 0 Å². The summed E-state index contributed by atoms with van der Waals surface area (Å²) in [6, 6.07) is 8.90. The molecule has 1 aromatic rings. The molecule has 0 radical (unpaired) electrons. The van der Waals surface area contributed by atoms with Crippen LogP contribution in [0.3, 0.4) is 0 Å². The van der Waals surface area contributed by atoms with Gasteiger partial charge in [0.1, 0.15) is 0 Å². The molecule has 106 valence electrons. The van der Waals surface area contributed by atoms with E-state index in [1.807, 2.05) is 0 Å². The predicted octanol–water partition coefficient (Wildman–Crippen LogP) is 1.71. The van der Waals surface area contributed by atoms with Crippen molar-refractivity contribution >= 4 is 0 Å². The minimum absolute atomic E-state index is 0.614. The molecule has 1 atom stereocenters. The molecule has 1 unspecified atom stereocenters. The predicted molar refractivity (Wildman–Crippen MR) is 81.1 cm³/mol. The SMILES string of the molecule is Cc1ccc(CN2CCN(CC(C)CN)CC2)cc1. The van der Waals surface area contributed by atoms with Gasteiger partial charge < -0.3 is 10.6 Å². The second-order valence-electron chi connectivity index (χ2n) is 5.90. The molecule has 1 fully saturated rings. The van der Waals surface area contributed by atoms with E-state index in [0.717, 1.165) is 19.6 Å². The van der Waals surface area contributed by atoms with E-state index >= 15 is 0 Å². The highest BCUT2D eigenvalue weighted by molar-refractivity contribution is 5.21. The number of nitrogens with zero attached hydrogens (tertiary/aromatic N) is 2. The molecule has 0 spiro atoms. The van der Waals surface area contributed by atoms with Crippen LogP contribution in [0.25, 0.3) is 0 Å². The summed E-state index contributed by atoms with van der Waals surface area (Å²) in [7, 11) is 0. The van der Waals surface area contributed by atoms with Gasteiger partial charge in [0.2, 0.25) is 0 Å². The summed E-state index contributed by atoms with van der Waals surface area (Å²) < 4.78 is 0. The molecule has 2 rings (SSSR count). The first-order valence-corrected chi connectivity index (χ1v) is 7.37. The van der Waals surface area contributed by atoms with Crippen LogP contribution in [0.2, 0.25) is 0 Å². The number of hydrogen-bond donors (Lipinski definition) is 1. The van der Waals surface area contributed by atoms with Crippen molar-refractivity contribution in [1.29, 1.82) is 0 Å². The fourth-order valence-electron chi connectivity index (χ4n) is 2.60. The largest absolute Gasteiger partial charge is 0.330 e. The molecular formula is C16H27N3. The minimum Gasteiger partial charge on any atom is -0.330 e. The molecule has 0 aromatic heterocycles. The van der Waals surface area contributed by atoms with Gasteiger partial charge in [0.05, 0.1) is 0 Å². The van der Waals surface area contributed by atoms with Crippen LogP contribution in [-0.4, -0.2) is 49.1 Å². The summed E-state index contributed by atoms with van der Waals surface area (Å²) in [6.07, 6.45) is 0. The molecule has 2 N–H and O–H groups in total. The van der Waals surface area contributed by atoms with E-state index in [1.54, 1.807) is 0 Å². The number of hydrogen-bond acceptors (Lipinski definition) is 3. The molecule has 1 aliphatic heterocycles. The monoisotopic (exact) mass is 261 g/mol. The summed E-state index contributed by atoms with van der Waals surface area (Å²) in [5, 5.41) is 0. The Labute approximate surface area is 117 Å². The topological polar surface area (TPSA) is 32.5 Å². The van der Waals surface area contributed by atoms with E-state index in [0.29, 0.717) is 5.92 Å². The third kappa shape index (κ3) is 4.60. The Morgan fingerprint density at radius 3 is 2.21 bits per heavy atom. The number of piperazine rings is 1. The fraction of sp³-hybridized carbons (Fsp3) is 0.625. The molecule has 3 nitrogen and oxygen atoms in total. The Bertz CT molecular complexity index is 366. The highest BCUT2D eigenvalue weighted by Gasteiger charge is 2.17.